The highest BCUT2D eigenvalue weighted by molar-refractivity contribution is 6.75. The van der Waals surface area contributed by atoms with Gasteiger partial charge in [0.25, 0.3) is 8.32 Å². The fourth-order valence-corrected chi connectivity index (χ4v) is 7.06. The van der Waals surface area contributed by atoms with Crippen molar-refractivity contribution in [1.82, 2.24) is 0 Å². The average Bonchev–Trinajstić information content (AvgIpc) is 2.26. The zero-order chi connectivity index (χ0) is 14.9. The fourth-order valence-electron chi connectivity index (χ4n) is 2.03. The van der Waals surface area contributed by atoms with Crippen molar-refractivity contribution in [3.8, 4) is 6.07 Å². The zero-order valence-corrected chi connectivity index (χ0v) is 14.9. The number of unbranched alkanes of at least 4 members (excludes halogenated alkanes) is 2. The summed E-state index contributed by atoms with van der Waals surface area (Å²) in [5.74, 6) is 0. The normalized spacial score (nSPS) is 13.9. The monoisotopic (exact) mass is 298 g/mol. The quantitative estimate of drug-likeness (QED) is 0.341. The van der Waals surface area contributed by atoms with Gasteiger partial charge in [0.05, 0.1) is 11.8 Å². The summed E-state index contributed by atoms with van der Waals surface area (Å²) in [6.45, 7) is 11.7. The van der Waals surface area contributed by atoms with Crippen molar-refractivity contribution in [2.75, 3.05) is 0 Å². The molecular formula is C14H28NO2Si2. The molecular weight excluding hydrogens is 270 g/mol. The van der Waals surface area contributed by atoms with Gasteiger partial charge in [-0.2, -0.15) is 5.26 Å². The molecule has 0 aromatic carbocycles. The number of nitrogens with zero attached hydrogens (tertiary/aromatic N) is 1. The fraction of sp³-hybridized carbons (Fsp3) is 0.786. The summed E-state index contributed by atoms with van der Waals surface area (Å²) in [5.41, 5.74) is -0.101. The van der Waals surface area contributed by atoms with E-state index in [1.165, 1.54) is 0 Å². The van der Waals surface area contributed by atoms with E-state index in [1.807, 2.05) is 19.2 Å². The van der Waals surface area contributed by atoms with Crippen LogP contribution in [0.25, 0.3) is 0 Å². The predicted molar refractivity (Wildman–Crippen MR) is 84.2 cm³/mol. The maximum atomic E-state index is 12.4. The Bertz CT molecular complexity index is 306. The van der Waals surface area contributed by atoms with Gasteiger partial charge in [-0.1, -0.05) is 6.08 Å². The Hall–Kier alpha value is -0.416. The van der Waals surface area contributed by atoms with E-state index >= 15 is 0 Å². The van der Waals surface area contributed by atoms with E-state index in [9.17, 15) is 4.80 Å². The Kier molecular flexibility index (Phi) is 8.50. The second kappa shape index (κ2) is 8.69. The molecule has 1 atom stereocenters. The molecule has 0 N–H and O–H groups in total. The molecule has 109 valence electrons. The molecule has 0 spiro atoms. The lowest BCUT2D eigenvalue weighted by molar-refractivity contribution is 0.210. The molecule has 0 aliphatic carbocycles. The van der Waals surface area contributed by atoms with E-state index < -0.39 is 16.6 Å². The van der Waals surface area contributed by atoms with Gasteiger partial charge in [-0.25, -0.2) is 0 Å². The molecule has 0 aliphatic rings. The van der Waals surface area contributed by atoms with Crippen LogP contribution in [0.5, 0.6) is 0 Å². The highest BCUT2D eigenvalue weighted by Crippen LogP contribution is 2.24. The summed E-state index contributed by atoms with van der Waals surface area (Å²) < 4.78 is 6.24. The van der Waals surface area contributed by atoms with E-state index in [-0.39, 0.29) is 5.73 Å². The number of hydrogen-bond acceptors (Lipinski definition) is 2. The molecule has 0 amide bonds. The van der Waals surface area contributed by atoms with Gasteiger partial charge >= 0.3 is 0 Å². The Balaban J connectivity index is 4.44. The van der Waals surface area contributed by atoms with Gasteiger partial charge in [0.1, 0.15) is 0 Å². The first kappa shape index (κ1) is 18.6. The molecule has 0 rings (SSSR count). The van der Waals surface area contributed by atoms with E-state index in [4.69, 9.17) is 9.69 Å². The third-order valence-electron chi connectivity index (χ3n) is 3.18. The van der Waals surface area contributed by atoms with Crippen molar-refractivity contribution >= 4 is 16.6 Å². The molecule has 0 aromatic heterocycles. The maximum absolute atomic E-state index is 12.4. The Labute approximate surface area is 120 Å². The van der Waals surface area contributed by atoms with E-state index in [2.05, 4.69) is 25.7 Å². The van der Waals surface area contributed by atoms with Crippen LogP contribution >= 0.6 is 0 Å². The number of hydrogen-bond donors (Lipinski definition) is 0. The lowest BCUT2D eigenvalue weighted by Crippen LogP contribution is -2.48. The highest BCUT2D eigenvalue weighted by atomic mass is 28.4. The minimum Gasteiger partial charge on any atom is -0.415 e. The minimum atomic E-state index is -2.53. The van der Waals surface area contributed by atoms with Crippen molar-refractivity contribution < 1.29 is 9.22 Å². The Morgan fingerprint density at radius 2 is 1.95 bits per heavy atom. The third kappa shape index (κ3) is 9.17. The molecule has 19 heavy (non-hydrogen) atoms. The van der Waals surface area contributed by atoms with Crippen LogP contribution in [-0.2, 0) is 9.22 Å². The van der Waals surface area contributed by atoms with Gasteiger partial charge < -0.3 is 4.43 Å². The average molecular weight is 299 g/mol. The molecule has 0 aromatic rings. The lowest BCUT2D eigenvalue weighted by atomic mass is 10.2. The molecule has 0 heterocycles. The Morgan fingerprint density at radius 3 is 2.42 bits per heavy atom. The molecule has 0 saturated carbocycles. The van der Waals surface area contributed by atoms with Gasteiger partial charge in [-0.05, 0) is 57.9 Å². The topological polar surface area (TPSA) is 52.9 Å². The van der Waals surface area contributed by atoms with Crippen molar-refractivity contribution in [3.63, 3.8) is 0 Å². The number of rotatable bonds is 10. The van der Waals surface area contributed by atoms with Crippen LogP contribution in [0.4, 0.5) is 0 Å². The van der Waals surface area contributed by atoms with E-state index in [1.54, 1.807) is 0 Å². The smallest absolute Gasteiger partial charge is 0.258 e. The van der Waals surface area contributed by atoms with Gasteiger partial charge in [0, 0.05) is 6.42 Å². The summed E-state index contributed by atoms with van der Waals surface area (Å²) >= 11 is 0. The first-order valence-corrected chi connectivity index (χ1v) is 13.2. The summed E-state index contributed by atoms with van der Waals surface area (Å²) in [6.07, 6.45) is 6.14. The van der Waals surface area contributed by atoms with Crippen LogP contribution in [0.15, 0.2) is 12.7 Å². The van der Waals surface area contributed by atoms with E-state index in [0.29, 0.717) is 6.42 Å². The molecule has 3 nitrogen and oxygen atoms in total. The molecule has 1 unspecified atom stereocenters. The largest absolute Gasteiger partial charge is 0.415 e. The molecule has 0 saturated heterocycles. The lowest BCUT2D eigenvalue weighted by Gasteiger charge is -2.33. The molecule has 0 bridgehead atoms. The third-order valence-corrected chi connectivity index (χ3v) is 7.85. The van der Waals surface area contributed by atoms with E-state index in [0.717, 1.165) is 31.7 Å². The van der Waals surface area contributed by atoms with Gasteiger partial charge in [-0.15, -0.1) is 6.58 Å². The summed E-state index contributed by atoms with van der Waals surface area (Å²) in [5, 5.41) is 8.59. The summed E-state index contributed by atoms with van der Waals surface area (Å²) in [4.78, 5) is 12.4. The molecule has 5 heteroatoms. The maximum Gasteiger partial charge on any atom is 0.258 e. The predicted octanol–water partition coefficient (Wildman–Crippen LogP) is 4.41. The van der Waals surface area contributed by atoms with Gasteiger partial charge in [0.2, 0.25) is 0 Å². The van der Waals surface area contributed by atoms with Crippen molar-refractivity contribution in [2.24, 2.45) is 0 Å². The number of nitriles is 1. The molecule has 1 radical (unpaired) electrons. The Morgan fingerprint density at radius 1 is 1.32 bits per heavy atom. The van der Waals surface area contributed by atoms with Crippen molar-refractivity contribution in [2.45, 2.75) is 70.1 Å². The highest BCUT2D eigenvalue weighted by Gasteiger charge is 2.37. The van der Waals surface area contributed by atoms with Gasteiger partial charge in [0.15, 0.2) is 8.32 Å². The first-order valence-electron chi connectivity index (χ1n) is 7.09. The van der Waals surface area contributed by atoms with Crippen LogP contribution in [-0.4, -0.2) is 22.4 Å². The van der Waals surface area contributed by atoms with Crippen LogP contribution in [0, 0.1) is 11.3 Å². The molecule has 0 fully saturated rings. The van der Waals surface area contributed by atoms with Crippen molar-refractivity contribution in [1.29, 1.82) is 5.26 Å². The zero-order valence-electron chi connectivity index (χ0n) is 12.9. The SMILES string of the molecule is C=CCCCC(O[Si](C)(C)CCCC#N)[Si](C)(C)[O]. The van der Waals surface area contributed by atoms with Crippen LogP contribution < -0.4 is 0 Å². The first-order chi connectivity index (χ1) is 8.73. The second-order valence-corrected chi connectivity index (χ2v) is 14.3. The van der Waals surface area contributed by atoms with Crippen molar-refractivity contribution in [3.05, 3.63) is 12.7 Å². The number of allylic oxidation sites excluding steroid dienone is 1. The van der Waals surface area contributed by atoms with Crippen LogP contribution in [0.3, 0.4) is 0 Å². The van der Waals surface area contributed by atoms with Crippen LogP contribution in [0.1, 0.15) is 32.1 Å². The second-order valence-electron chi connectivity index (χ2n) is 6.20. The summed E-state index contributed by atoms with van der Waals surface area (Å²) in [7, 11) is -4.35. The standard InChI is InChI=1S/C14H28NO2Si2/c1-6-7-8-11-14(19(4,5)16)17-18(2,3)13-10-9-12-15/h6,14H,1,7-11,13H2,2-5H3. The minimum absolute atomic E-state index is 0.101. The van der Waals surface area contributed by atoms with Gasteiger partial charge in [-0.3, -0.25) is 4.80 Å². The molecule has 0 aliphatic heterocycles. The summed E-state index contributed by atoms with van der Waals surface area (Å²) in [6, 6.07) is 3.13. The van der Waals surface area contributed by atoms with Crippen LogP contribution in [0.2, 0.25) is 32.2 Å².